The summed E-state index contributed by atoms with van der Waals surface area (Å²) >= 11 is 5.95. The van der Waals surface area contributed by atoms with Crippen LogP contribution in [0.4, 0.5) is 4.39 Å². The molecule has 18 heavy (non-hydrogen) atoms. The molecule has 98 valence electrons. The predicted molar refractivity (Wildman–Crippen MR) is 71.2 cm³/mol. The maximum atomic E-state index is 13.8. The summed E-state index contributed by atoms with van der Waals surface area (Å²) in [7, 11) is 0. The van der Waals surface area contributed by atoms with Gasteiger partial charge in [-0.15, -0.1) is 0 Å². The molecule has 1 N–H and O–H groups in total. The molecule has 0 bridgehead atoms. The van der Waals surface area contributed by atoms with Gasteiger partial charge in [0.05, 0.1) is 0 Å². The third-order valence-electron chi connectivity index (χ3n) is 4.17. The van der Waals surface area contributed by atoms with E-state index in [0.29, 0.717) is 17.6 Å². The number of piperidine rings is 1. The van der Waals surface area contributed by atoms with Gasteiger partial charge in [-0.1, -0.05) is 11.6 Å². The van der Waals surface area contributed by atoms with Crippen molar-refractivity contribution in [2.24, 2.45) is 5.92 Å². The second-order valence-corrected chi connectivity index (χ2v) is 5.77. The monoisotopic (exact) mass is 268 g/mol. The number of fused-ring (bicyclic) bond motifs is 1. The number of rotatable bonds is 2. The number of benzene rings is 1. The summed E-state index contributed by atoms with van der Waals surface area (Å²) in [5.41, 5.74) is 0.718. The highest BCUT2D eigenvalue weighted by molar-refractivity contribution is 6.30. The van der Waals surface area contributed by atoms with Crippen LogP contribution in [0.25, 0.3) is 0 Å². The Labute approximate surface area is 112 Å². The van der Waals surface area contributed by atoms with Crippen LogP contribution in [-0.4, -0.2) is 30.6 Å². The van der Waals surface area contributed by atoms with Crippen LogP contribution in [0.3, 0.4) is 0 Å². The lowest BCUT2D eigenvalue weighted by molar-refractivity contribution is 0.116. The summed E-state index contributed by atoms with van der Waals surface area (Å²) in [6, 6.07) is 5.39. The van der Waals surface area contributed by atoms with Crippen molar-refractivity contribution < 1.29 is 4.39 Å². The molecule has 0 radical (unpaired) electrons. The highest BCUT2D eigenvalue weighted by Gasteiger charge is 2.34. The average Bonchev–Trinajstić information content (AvgIpc) is 2.83. The third-order valence-corrected chi connectivity index (χ3v) is 4.41. The minimum Gasteiger partial charge on any atom is -0.315 e. The Morgan fingerprint density at radius 1 is 1.39 bits per heavy atom. The fourth-order valence-corrected chi connectivity index (χ4v) is 3.44. The van der Waals surface area contributed by atoms with Crippen molar-refractivity contribution in [3.63, 3.8) is 0 Å². The smallest absolute Gasteiger partial charge is 0.127 e. The van der Waals surface area contributed by atoms with Crippen LogP contribution in [0, 0.1) is 11.7 Å². The third kappa shape index (κ3) is 2.40. The first-order chi connectivity index (χ1) is 8.74. The van der Waals surface area contributed by atoms with Gasteiger partial charge in [0.15, 0.2) is 0 Å². The van der Waals surface area contributed by atoms with E-state index in [1.54, 1.807) is 12.1 Å². The van der Waals surface area contributed by atoms with Crippen molar-refractivity contribution in [3.8, 4) is 0 Å². The predicted octanol–water partition coefficient (Wildman–Crippen LogP) is 2.66. The van der Waals surface area contributed by atoms with E-state index in [2.05, 4.69) is 10.2 Å². The molecule has 2 heterocycles. The topological polar surface area (TPSA) is 15.3 Å². The van der Waals surface area contributed by atoms with E-state index in [4.69, 9.17) is 11.6 Å². The van der Waals surface area contributed by atoms with E-state index in [-0.39, 0.29) is 5.82 Å². The first kappa shape index (κ1) is 12.4. The zero-order chi connectivity index (χ0) is 12.5. The fourth-order valence-electron chi connectivity index (χ4n) is 3.24. The van der Waals surface area contributed by atoms with Gasteiger partial charge in [-0.05, 0) is 50.0 Å². The summed E-state index contributed by atoms with van der Waals surface area (Å²) in [4.78, 5) is 2.41. The molecule has 3 rings (SSSR count). The molecule has 2 saturated heterocycles. The number of hydrogen-bond donors (Lipinski definition) is 1. The summed E-state index contributed by atoms with van der Waals surface area (Å²) in [5.74, 6) is 0.591. The SMILES string of the molecule is Fc1ccc(Cl)cc1CN1CCCC2CNCC21. The van der Waals surface area contributed by atoms with Gasteiger partial charge >= 0.3 is 0 Å². The number of hydrogen-bond acceptors (Lipinski definition) is 2. The van der Waals surface area contributed by atoms with Crippen molar-refractivity contribution in [1.82, 2.24) is 10.2 Å². The minimum absolute atomic E-state index is 0.146. The lowest BCUT2D eigenvalue weighted by Crippen LogP contribution is -2.44. The van der Waals surface area contributed by atoms with Gasteiger partial charge in [0, 0.05) is 29.7 Å². The molecule has 2 aliphatic rings. The summed E-state index contributed by atoms with van der Waals surface area (Å²) in [5, 5.41) is 4.06. The fraction of sp³-hybridized carbons (Fsp3) is 0.571. The van der Waals surface area contributed by atoms with Gasteiger partial charge in [-0.2, -0.15) is 0 Å². The van der Waals surface area contributed by atoms with Crippen molar-refractivity contribution in [2.75, 3.05) is 19.6 Å². The quantitative estimate of drug-likeness (QED) is 0.887. The largest absolute Gasteiger partial charge is 0.315 e. The molecule has 1 aromatic rings. The van der Waals surface area contributed by atoms with Crippen LogP contribution in [0.2, 0.25) is 5.02 Å². The maximum Gasteiger partial charge on any atom is 0.127 e. The van der Waals surface area contributed by atoms with Gasteiger partial charge in [-0.25, -0.2) is 4.39 Å². The number of halogens is 2. The molecule has 0 amide bonds. The van der Waals surface area contributed by atoms with Crippen LogP contribution in [0.5, 0.6) is 0 Å². The van der Waals surface area contributed by atoms with Crippen molar-refractivity contribution in [2.45, 2.75) is 25.4 Å². The van der Waals surface area contributed by atoms with Gasteiger partial charge in [0.2, 0.25) is 0 Å². The molecule has 4 heteroatoms. The van der Waals surface area contributed by atoms with Gasteiger partial charge in [-0.3, -0.25) is 4.90 Å². The van der Waals surface area contributed by atoms with E-state index in [9.17, 15) is 4.39 Å². The highest BCUT2D eigenvalue weighted by atomic mass is 35.5. The molecule has 2 nitrogen and oxygen atoms in total. The Hall–Kier alpha value is -0.640. The molecule has 0 aliphatic carbocycles. The molecule has 2 atom stereocenters. The molecule has 1 aromatic carbocycles. The normalized spacial score (nSPS) is 28.3. The standard InChI is InChI=1S/C14H18ClFN2/c15-12-3-4-13(16)11(6-12)9-18-5-1-2-10-7-17-8-14(10)18/h3-4,6,10,14,17H,1-2,5,7-9H2. The summed E-state index contributed by atoms with van der Waals surface area (Å²) in [6.07, 6.45) is 2.51. The van der Waals surface area contributed by atoms with Crippen molar-refractivity contribution in [1.29, 1.82) is 0 Å². The van der Waals surface area contributed by atoms with Crippen LogP contribution in [0.15, 0.2) is 18.2 Å². The molecular weight excluding hydrogens is 251 g/mol. The Balaban J connectivity index is 1.77. The Bertz CT molecular complexity index is 438. The zero-order valence-corrected chi connectivity index (χ0v) is 11.1. The van der Waals surface area contributed by atoms with Crippen LogP contribution in [0.1, 0.15) is 18.4 Å². The van der Waals surface area contributed by atoms with E-state index in [0.717, 1.165) is 31.1 Å². The average molecular weight is 269 g/mol. The lowest BCUT2D eigenvalue weighted by atomic mass is 9.91. The second kappa shape index (κ2) is 5.16. The minimum atomic E-state index is -0.146. The Morgan fingerprint density at radius 2 is 2.28 bits per heavy atom. The summed E-state index contributed by atoms with van der Waals surface area (Å²) in [6.45, 7) is 3.89. The molecule has 2 fully saturated rings. The molecular formula is C14H18ClFN2. The lowest BCUT2D eigenvalue weighted by Gasteiger charge is -2.37. The zero-order valence-electron chi connectivity index (χ0n) is 10.3. The van der Waals surface area contributed by atoms with Crippen molar-refractivity contribution in [3.05, 3.63) is 34.6 Å². The van der Waals surface area contributed by atoms with E-state index in [1.165, 1.54) is 18.9 Å². The first-order valence-electron chi connectivity index (χ1n) is 6.63. The van der Waals surface area contributed by atoms with Crippen LogP contribution in [-0.2, 0) is 6.54 Å². The molecule has 2 aliphatic heterocycles. The maximum absolute atomic E-state index is 13.8. The van der Waals surface area contributed by atoms with Crippen molar-refractivity contribution >= 4 is 11.6 Å². The molecule has 0 spiro atoms. The first-order valence-corrected chi connectivity index (χ1v) is 7.00. The second-order valence-electron chi connectivity index (χ2n) is 5.33. The van der Waals surface area contributed by atoms with Gasteiger partial charge < -0.3 is 5.32 Å². The van der Waals surface area contributed by atoms with Gasteiger partial charge in [0.1, 0.15) is 5.82 Å². The Kier molecular flexibility index (Phi) is 3.55. The molecule has 2 unspecified atom stereocenters. The highest BCUT2D eigenvalue weighted by Crippen LogP contribution is 2.28. The van der Waals surface area contributed by atoms with E-state index >= 15 is 0 Å². The van der Waals surface area contributed by atoms with Crippen LogP contribution >= 0.6 is 11.6 Å². The number of nitrogens with one attached hydrogen (secondary N) is 1. The number of nitrogens with zero attached hydrogens (tertiary/aromatic N) is 1. The van der Waals surface area contributed by atoms with Gasteiger partial charge in [0.25, 0.3) is 0 Å². The summed E-state index contributed by atoms with van der Waals surface area (Å²) < 4.78 is 13.8. The number of likely N-dealkylation sites (tertiary alicyclic amines) is 1. The Morgan fingerprint density at radius 3 is 3.17 bits per heavy atom. The van der Waals surface area contributed by atoms with E-state index in [1.807, 2.05) is 0 Å². The molecule has 0 aromatic heterocycles. The molecule has 0 saturated carbocycles. The van der Waals surface area contributed by atoms with E-state index < -0.39 is 0 Å². The van der Waals surface area contributed by atoms with Crippen LogP contribution < -0.4 is 5.32 Å².